The van der Waals surface area contributed by atoms with Crippen molar-refractivity contribution in [3.8, 4) is 5.75 Å². The summed E-state index contributed by atoms with van der Waals surface area (Å²) in [5.41, 5.74) is 6.29. The number of sulfonamides is 1. The maximum Gasteiger partial charge on any atom is 0.251 e. The molecule has 0 unspecified atom stereocenters. The number of benzene rings is 3. The number of hydrogen-bond donors (Lipinski definition) is 1. The molecule has 0 heterocycles. The molecule has 0 saturated carbocycles. The lowest BCUT2D eigenvalue weighted by Crippen LogP contribution is -2.30. The van der Waals surface area contributed by atoms with Crippen LogP contribution in [0.5, 0.6) is 5.75 Å². The van der Waals surface area contributed by atoms with E-state index in [0.717, 1.165) is 28.0 Å². The highest BCUT2D eigenvalue weighted by Crippen LogP contribution is 2.24. The molecule has 0 spiro atoms. The van der Waals surface area contributed by atoms with Crippen LogP contribution >= 0.6 is 0 Å². The van der Waals surface area contributed by atoms with Gasteiger partial charge in [0.25, 0.3) is 5.91 Å². The molecule has 6 nitrogen and oxygen atoms in total. The minimum Gasteiger partial charge on any atom is -0.492 e. The largest absolute Gasteiger partial charge is 0.492 e. The van der Waals surface area contributed by atoms with Crippen molar-refractivity contribution in [3.05, 3.63) is 94.0 Å². The highest BCUT2D eigenvalue weighted by atomic mass is 32.2. The molecule has 0 aliphatic heterocycles. The number of aryl methyl sites for hydroxylation is 4. The van der Waals surface area contributed by atoms with Crippen molar-refractivity contribution in [2.24, 2.45) is 0 Å². The monoisotopic (exact) mass is 480 g/mol. The standard InChI is InChI=1S/C27H32N2O4S/c1-19-14-20(2)16-25(15-19)29(34(5,31)32)18-23-7-9-24(10-8-23)27(30)28-12-13-33-26-11-6-21(3)22(4)17-26/h6-11,14-17H,12-13,18H2,1-5H3,(H,28,30). The van der Waals surface area contributed by atoms with E-state index in [0.29, 0.717) is 24.4 Å². The number of carbonyl (C=O) groups excluding carboxylic acids is 1. The van der Waals surface area contributed by atoms with Gasteiger partial charge in [0.1, 0.15) is 12.4 Å². The van der Waals surface area contributed by atoms with Gasteiger partial charge in [0, 0.05) is 5.56 Å². The molecule has 3 aromatic rings. The average molecular weight is 481 g/mol. The second kappa shape index (κ2) is 10.7. The maximum atomic E-state index is 12.5. The molecule has 0 aliphatic carbocycles. The van der Waals surface area contributed by atoms with Crippen LogP contribution in [-0.4, -0.2) is 33.7 Å². The fourth-order valence-electron chi connectivity index (χ4n) is 3.66. The van der Waals surface area contributed by atoms with Gasteiger partial charge in [0.05, 0.1) is 25.0 Å². The van der Waals surface area contributed by atoms with E-state index in [9.17, 15) is 13.2 Å². The Bertz CT molecular complexity index is 1250. The molecule has 1 N–H and O–H groups in total. The number of rotatable bonds is 9. The van der Waals surface area contributed by atoms with Gasteiger partial charge >= 0.3 is 0 Å². The topological polar surface area (TPSA) is 75.7 Å². The zero-order valence-electron chi connectivity index (χ0n) is 20.4. The summed E-state index contributed by atoms with van der Waals surface area (Å²) in [7, 11) is -3.48. The Morgan fingerprint density at radius 2 is 1.53 bits per heavy atom. The number of amides is 1. The van der Waals surface area contributed by atoms with Crippen molar-refractivity contribution >= 4 is 21.6 Å². The third kappa shape index (κ3) is 6.84. The van der Waals surface area contributed by atoms with Gasteiger partial charge in [-0.1, -0.05) is 24.3 Å². The number of nitrogens with zero attached hydrogens (tertiary/aromatic N) is 1. The van der Waals surface area contributed by atoms with Gasteiger partial charge < -0.3 is 10.1 Å². The molecule has 0 atom stereocenters. The van der Waals surface area contributed by atoms with Crippen LogP contribution in [0.3, 0.4) is 0 Å². The Hall–Kier alpha value is -3.32. The van der Waals surface area contributed by atoms with Gasteiger partial charge in [-0.2, -0.15) is 0 Å². The third-order valence-electron chi connectivity index (χ3n) is 5.57. The lowest BCUT2D eigenvalue weighted by atomic mass is 10.1. The smallest absolute Gasteiger partial charge is 0.251 e. The molecule has 0 aromatic heterocycles. The van der Waals surface area contributed by atoms with Gasteiger partial charge in [-0.3, -0.25) is 9.10 Å². The van der Waals surface area contributed by atoms with Crippen molar-refractivity contribution in [1.82, 2.24) is 5.32 Å². The van der Waals surface area contributed by atoms with E-state index in [1.54, 1.807) is 24.3 Å². The number of anilines is 1. The summed E-state index contributed by atoms with van der Waals surface area (Å²) in [6.45, 7) is 8.90. The first-order chi connectivity index (χ1) is 16.0. The lowest BCUT2D eigenvalue weighted by Gasteiger charge is -2.23. The van der Waals surface area contributed by atoms with Crippen LogP contribution in [0.25, 0.3) is 0 Å². The molecule has 3 rings (SSSR count). The van der Waals surface area contributed by atoms with Crippen LogP contribution in [0.15, 0.2) is 60.7 Å². The van der Waals surface area contributed by atoms with E-state index >= 15 is 0 Å². The van der Waals surface area contributed by atoms with E-state index in [2.05, 4.69) is 5.32 Å². The van der Waals surface area contributed by atoms with Gasteiger partial charge in [-0.25, -0.2) is 8.42 Å². The van der Waals surface area contributed by atoms with Crippen LogP contribution in [0, 0.1) is 27.7 Å². The normalized spacial score (nSPS) is 11.2. The summed E-state index contributed by atoms with van der Waals surface area (Å²) in [5.74, 6) is 0.574. The highest BCUT2D eigenvalue weighted by molar-refractivity contribution is 7.92. The van der Waals surface area contributed by atoms with Crippen LogP contribution in [0.2, 0.25) is 0 Å². The van der Waals surface area contributed by atoms with Crippen LogP contribution in [-0.2, 0) is 16.6 Å². The Balaban J connectivity index is 1.59. The van der Waals surface area contributed by atoms with Gasteiger partial charge in [-0.05, 0) is 91.9 Å². The fraction of sp³-hybridized carbons (Fsp3) is 0.296. The summed E-state index contributed by atoms with van der Waals surface area (Å²) in [6.07, 6.45) is 1.20. The van der Waals surface area contributed by atoms with Crippen molar-refractivity contribution in [2.75, 3.05) is 23.7 Å². The zero-order valence-corrected chi connectivity index (χ0v) is 21.2. The molecule has 1 amide bonds. The first-order valence-electron chi connectivity index (χ1n) is 11.2. The highest BCUT2D eigenvalue weighted by Gasteiger charge is 2.19. The third-order valence-corrected chi connectivity index (χ3v) is 6.71. The summed E-state index contributed by atoms with van der Waals surface area (Å²) in [5, 5.41) is 2.85. The summed E-state index contributed by atoms with van der Waals surface area (Å²) >= 11 is 0. The molecule has 7 heteroatoms. The second-order valence-electron chi connectivity index (χ2n) is 8.66. The maximum absolute atomic E-state index is 12.5. The first-order valence-corrected chi connectivity index (χ1v) is 13.0. The molecular weight excluding hydrogens is 448 g/mol. The Morgan fingerprint density at radius 1 is 0.882 bits per heavy atom. The van der Waals surface area contributed by atoms with Crippen molar-refractivity contribution in [1.29, 1.82) is 0 Å². The fourth-order valence-corrected chi connectivity index (χ4v) is 4.53. The Morgan fingerprint density at radius 3 is 2.12 bits per heavy atom. The van der Waals surface area contributed by atoms with E-state index < -0.39 is 10.0 Å². The van der Waals surface area contributed by atoms with Gasteiger partial charge in [0.2, 0.25) is 10.0 Å². The van der Waals surface area contributed by atoms with E-state index in [-0.39, 0.29) is 12.5 Å². The molecule has 0 bridgehead atoms. The summed E-state index contributed by atoms with van der Waals surface area (Å²) < 4.78 is 32.0. The number of nitrogens with one attached hydrogen (secondary N) is 1. The minimum atomic E-state index is -3.48. The zero-order chi connectivity index (χ0) is 24.9. The average Bonchev–Trinajstić information content (AvgIpc) is 2.76. The van der Waals surface area contributed by atoms with Crippen LogP contribution in [0.1, 0.15) is 38.2 Å². The second-order valence-corrected chi connectivity index (χ2v) is 10.6. The first kappa shape index (κ1) is 25.3. The Labute approximate surface area is 202 Å². The molecule has 0 fully saturated rings. The molecule has 180 valence electrons. The van der Waals surface area contributed by atoms with E-state index in [4.69, 9.17) is 4.74 Å². The van der Waals surface area contributed by atoms with E-state index in [1.807, 2.05) is 64.1 Å². The number of hydrogen-bond acceptors (Lipinski definition) is 4. The van der Waals surface area contributed by atoms with Crippen LogP contribution in [0.4, 0.5) is 5.69 Å². The number of ether oxygens (including phenoxy) is 1. The van der Waals surface area contributed by atoms with Crippen molar-refractivity contribution < 1.29 is 17.9 Å². The van der Waals surface area contributed by atoms with Crippen LogP contribution < -0.4 is 14.4 Å². The SMILES string of the molecule is Cc1cc(C)cc(N(Cc2ccc(C(=O)NCCOc3ccc(C)c(C)c3)cc2)S(C)(=O)=O)c1. The molecule has 3 aromatic carbocycles. The summed E-state index contributed by atoms with van der Waals surface area (Å²) in [4.78, 5) is 12.5. The van der Waals surface area contributed by atoms with Gasteiger partial charge in [0.15, 0.2) is 0 Å². The predicted octanol–water partition coefficient (Wildman–Crippen LogP) is 4.70. The molecule has 0 radical (unpaired) electrons. The molecular formula is C27H32N2O4S. The molecule has 0 aliphatic rings. The van der Waals surface area contributed by atoms with E-state index in [1.165, 1.54) is 16.1 Å². The van der Waals surface area contributed by atoms with Crippen molar-refractivity contribution in [3.63, 3.8) is 0 Å². The van der Waals surface area contributed by atoms with Crippen molar-refractivity contribution in [2.45, 2.75) is 34.2 Å². The summed E-state index contributed by atoms with van der Waals surface area (Å²) in [6, 6.07) is 18.6. The minimum absolute atomic E-state index is 0.188. The molecule has 0 saturated heterocycles. The predicted molar refractivity (Wildman–Crippen MR) is 137 cm³/mol. The number of carbonyl (C=O) groups is 1. The quantitative estimate of drug-likeness (QED) is 0.451. The molecule has 34 heavy (non-hydrogen) atoms. The lowest BCUT2D eigenvalue weighted by molar-refractivity contribution is 0.0947. The van der Waals surface area contributed by atoms with Gasteiger partial charge in [-0.15, -0.1) is 0 Å². The Kier molecular flexibility index (Phi) is 7.99.